The highest BCUT2D eigenvalue weighted by Crippen LogP contribution is 2.28. The van der Waals surface area contributed by atoms with Crippen molar-refractivity contribution in [2.45, 2.75) is 44.9 Å². The molecule has 0 aliphatic heterocycles. The van der Waals surface area contributed by atoms with Crippen molar-refractivity contribution < 1.29 is 14.3 Å². The Kier molecular flexibility index (Phi) is 7.05. The number of fused-ring (bicyclic) bond motifs is 1. The number of hydrogen-bond donors (Lipinski definition) is 1. The van der Waals surface area contributed by atoms with E-state index in [2.05, 4.69) is 17.4 Å². The molecule has 3 aromatic carbocycles. The molecular weight excluding hydrogens is 436 g/mol. The summed E-state index contributed by atoms with van der Waals surface area (Å²) in [4.78, 5) is 18.4. The first-order chi connectivity index (χ1) is 17.2. The van der Waals surface area contributed by atoms with E-state index in [0.717, 1.165) is 52.7 Å². The van der Waals surface area contributed by atoms with Crippen molar-refractivity contribution in [2.24, 2.45) is 0 Å². The molecule has 0 unspecified atom stereocenters. The molecule has 0 radical (unpaired) electrons. The third-order valence-corrected chi connectivity index (χ3v) is 6.50. The zero-order valence-electron chi connectivity index (χ0n) is 19.9. The molecule has 5 nitrogen and oxygen atoms in total. The maximum atomic E-state index is 13.5. The molecule has 2 atom stereocenters. The van der Waals surface area contributed by atoms with Gasteiger partial charge >= 0.3 is 0 Å². The SMILES string of the molecule is CCOc1ccc(-c2cc(C(=O)N[C@@H]3CCC[C@H]3OCc3ccccc3)c3ccccc3n2)cc1. The molecule has 178 valence electrons. The Labute approximate surface area is 206 Å². The highest BCUT2D eigenvalue weighted by atomic mass is 16.5. The predicted molar refractivity (Wildman–Crippen MR) is 138 cm³/mol. The van der Waals surface area contributed by atoms with E-state index >= 15 is 0 Å². The second-order valence-corrected chi connectivity index (χ2v) is 8.88. The zero-order chi connectivity index (χ0) is 24.0. The maximum absolute atomic E-state index is 13.5. The van der Waals surface area contributed by atoms with Gasteiger partial charge in [0, 0.05) is 10.9 Å². The molecule has 1 fully saturated rings. The number of rotatable bonds is 8. The van der Waals surface area contributed by atoms with E-state index in [1.807, 2.05) is 79.7 Å². The molecule has 1 amide bonds. The topological polar surface area (TPSA) is 60.5 Å². The first-order valence-corrected chi connectivity index (χ1v) is 12.3. The average Bonchev–Trinajstić information content (AvgIpc) is 3.34. The van der Waals surface area contributed by atoms with E-state index in [0.29, 0.717) is 18.8 Å². The fraction of sp³-hybridized carbons (Fsp3) is 0.267. The number of amides is 1. The first kappa shape index (κ1) is 23.1. The first-order valence-electron chi connectivity index (χ1n) is 12.3. The van der Waals surface area contributed by atoms with Gasteiger partial charge in [-0.05, 0) is 68.1 Å². The third-order valence-electron chi connectivity index (χ3n) is 6.50. The second kappa shape index (κ2) is 10.7. The monoisotopic (exact) mass is 466 g/mol. The summed E-state index contributed by atoms with van der Waals surface area (Å²) in [7, 11) is 0. The molecule has 1 aliphatic rings. The second-order valence-electron chi connectivity index (χ2n) is 8.88. The molecule has 35 heavy (non-hydrogen) atoms. The van der Waals surface area contributed by atoms with Gasteiger partial charge in [-0.25, -0.2) is 4.98 Å². The summed E-state index contributed by atoms with van der Waals surface area (Å²) in [5.41, 5.74) is 4.28. The number of hydrogen-bond acceptors (Lipinski definition) is 4. The van der Waals surface area contributed by atoms with Gasteiger partial charge in [0.1, 0.15) is 5.75 Å². The molecule has 4 aromatic rings. The van der Waals surface area contributed by atoms with Gasteiger partial charge < -0.3 is 14.8 Å². The van der Waals surface area contributed by atoms with Crippen LogP contribution in [-0.2, 0) is 11.3 Å². The normalized spacial score (nSPS) is 17.4. The smallest absolute Gasteiger partial charge is 0.252 e. The molecule has 5 rings (SSSR count). The predicted octanol–water partition coefficient (Wildman–Crippen LogP) is 6.17. The Morgan fingerprint density at radius 1 is 0.971 bits per heavy atom. The van der Waals surface area contributed by atoms with E-state index in [1.54, 1.807) is 0 Å². The largest absolute Gasteiger partial charge is 0.494 e. The number of pyridine rings is 1. The molecule has 5 heteroatoms. The van der Waals surface area contributed by atoms with Crippen LogP contribution >= 0.6 is 0 Å². The summed E-state index contributed by atoms with van der Waals surface area (Å²) in [5, 5.41) is 4.11. The minimum absolute atomic E-state index is 0.00735. The minimum Gasteiger partial charge on any atom is -0.494 e. The molecule has 1 aromatic heterocycles. The number of nitrogens with zero attached hydrogens (tertiary/aromatic N) is 1. The van der Waals surface area contributed by atoms with Gasteiger partial charge in [-0.3, -0.25) is 4.79 Å². The lowest BCUT2D eigenvalue weighted by Crippen LogP contribution is -2.41. The van der Waals surface area contributed by atoms with Crippen LogP contribution in [0, 0.1) is 0 Å². The Balaban J connectivity index is 1.37. The third kappa shape index (κ3) is 5.36. The Bertz CT molecular complexity index is 1290. The fourth-order valence-corrected chi connectivity index (χ4v) is 4.71. The molecule has 1 saturated carbocycles. The summed E-state index contributed by atoms with van der Waals surface area (Å²) in [6.07, 6.45) is 2.92. The van der Waals surface area contributed by atoms with Crippen LogP contribution in [0.4, 0.5) is 0 Å². The number of benzene rings is 3. The average molecular weight is 467 g/mol. The van der Waals surface area contributed by atoms with Crippen molar-refractivity contribution >= 4 is 16.8 Å². The number of para-hydroxylation sites is 1. The summed E-state index contributed by atoms with van der Waals surface area (Å²) < 4.78 is 11.8. The summed E-state index contributed by atoms with van der Waals surface area (Å²) in [6, 6.07) is 27.7. The van der Waals surface area contributed by atoms with E-state index in [4.69, 9.17) is 14.5 Å². The number of ether oxygens (including phenoxy) is 2. The van der Waals surface area contributed by atoms with Crippen LogP contribution in [0.1, 0.15) is 42.1 Å². The van der Waals surface area contributed by atoms with Crippen LogP contribution in [0.15, 0.2) is 84.9 Å². The van der Waals surface area contributed by atoms with Crippen LogP contribution in [0.2, 0.25) is 0 Å². The van der Waals surface area contributed by atoms with Crippen LogP contribution in [0.3, 0.4) is 0 Å². The Morgan fingerprint density at radius 2 is 1.74 bits per heavy atom. The van der Waals surface area contributed by atoms with Crippen molar-refractivity contribution in [1.29, 1.82) is 0 Å². The van der Waals surface area contributed by atoms with Gasteiger partial charge in [-0.1, -0.05) is 48.5 Å². The van der Waals surface area contributed by atoms with Crippen molar-refractivity contribution in [1.82, 2.24) is 10.3 Å². The van der Waals surface area contributed by atoms with Crippen molar-refractivity contribution in [3.63, 3.8) is 0 Å². The van der Waals surface area contributed by atoms with Crippen molar-refractivity contribution in [2.75, 3.05) is 6.61 Å². The van der Waals surface area contributed by atoms with Crippen LogP contribution in [0.5, 0.6) is 5.75 Å². The quantitative estimate of drug-likeness (QED) is 0.337. The van der Waals surface area contributed by atoms with Crippen LogP contribution in [0.25, 0.3) is 22.2 Å². The van der Waals surface area contributed by atoms with Crippen molar-refractivity contribution in [3.05, 3.63) is 96.1 Å². The molecule has 0 saturated heterocycles. The van der Waals surface area contributed by atoms with Gasteiger partial charge in [0.05, 0.1) is 42.1 Å². The van der Waals surface area contributed by atoms with E-state index in [-0.39, 0.29) is 18.1 Å². The molecule has 1 aliphatic carbocycles. The van der Waals surface area contributed by atoms with Gasteiger partial charge in [0.2, 0.25) is 0 Å². The summed E-state index contributed by atoms with van der Waals surface area (Å²) in [6.45, 7) is 3.14. The zero-order valence-corrected chi connectivity index (χ0v) is 19.9. The maximum Gasteiger partial charge on any atom is 0.252 e. The molecule has 1 N–H and O–H groups in total. The summed E-state index contributed by atoms with van der Waals surface area (Å²) in [5.74, 6) is 0.730. The van der Waals surface area contributed by atoms with Gasteiger partial charge in [-0.15, -0.1) is 0 Å². The van der Waals surface area contributed by atoms with Crippen LogP contribution in [-0.4, -0.2) is 29.6 Å². The minimum atomic E-state index is -0.0870. The Morgan fingerprint density at radius 3 is 2.54 bits per heavy atom. The van der Waals surface area contributed by atoms with Gasteiger partial charge in [0.15, 0.2) is 0 Å². The fourth-order valence-electron chi connectivity index (χ4n) is 4.71. The van der Waals surface area contributed by atoms with E-state index in [9.17, 15) is 4.79 Å². The molecular formula is C30H30N2O3. The molecule has 0 bridgehead atoms. The molecule has 0 spiro atoms. The number of carbonyl (C=O) groups is 1. The lowest BCUT2D eigenvalue weighted by molar-refractivity contribution is 0.0272. The van der Waals surface area contributed by atoms with Gasteiger partial charge in [-0.2, -0.15) is 0 Å². The standard InChI is InChI=1S/C30H30N2O3/c1-2-34-23-17-15-22(16-18-23)28-19-25(24-11-6-7-12-26(24)31-28)30(33)32-27-13-8-14-29(27)35-20-21-9-4-3-5-10-21/h3-7,9-12,15-19,27,29H,2,8,13-14,20H2,1H3,(H,32,33)/t27-,29-/m1/s1. The summed E-state index contributed by atoms with van der Waals surface area (Å²) >= 11 is 0. The number of aromatic nitrogens is 1. The highest BCUT2D eigenvalue weighted by Gasteiger charge is 2.30. The highest BCUT2D eigenvalue weighted by molar-refractivity contribution is 6.07. The van der Waals surface area contributed by atoms with E-state index in [1.165, 1.54) is 0 Å². The molecule has 1 heterocycles. The van der Waals surface area contributed by atoms with Crippen molar-refractivity contribution in [3.8, 4) is 17.0 Å². The van der Waals surface area contributed by atoms with Crippen LogP contribution < -0.4 is 10.1 Å². The van der Waals surface area contributed by atoms with E-state index < -0.39 is 0 Å². The van der Waals surface area contributed by atoms with Gasteiger partial charge in [0.25, 0.3) is 5.91 Å². The lowest BCUT2D eigenvalue weighted by Gasteiger charge is -2.22. The Hall–Kier alpha value is -3.70. The number of carbonyl (C=O) groups excluding carboxylic acids is 1. The number of nitrogens with one attached hydrogen (secondary N) is 1. The lowest BCUT2D eigenvalue weighted by atomic mass is 10.0.